The van der Waals surface area contributed by atoms with Crippen LogP contribution in [-0.2, 0) is 9.47 Å². The third-order valence-corrected chi connectivity index (χ3v) is 3.75. The van der Waals surface area contributed by atoms with Gasteiger partial charge < -0.3 is 19.2 Å². The fourth-order valence-corrected chi connectivity index (χ4v) is 2.41. The van der Waals surface area contributed by atoms with Crippen molar-refractivity contribution in [3.63, 3.8) is 0 Å². The molecule has 1 aromatic carbocycles. The Morgan fingerprint density at radius 2 is 2.20 bits per heavy atom. The molecule has 108 valence electrons. The van der Waals surface area contributed by atoms with Gasteiger partial charge >= 0.3 is 0 Å². The number of nitrogens with zero attached hydrogens (tertiary/aromatic N) is 1. The van der Waals surface area contributed by atoms with Crippen molar-refractivity contribution in [3.8, 4) is 0 Å². The van der Waals surface area contributed by atoms with Crippen molar-refractivity contribution in [2.45, 2.75) is 18.4 Å². The van der Waals surface area contributed by atoms with Crippen LogP contribution in [0.15, 0.2) is 22.6 Å². The van der Waals surface area contributed by atoms with E-state index in [0.29, 0.717) is 36.9 Å². The number of aromatic nitrogens is 1. The van der Waals surface area contributed by atoms with E-state index in [9.17, 15) is 4.39 Å². The van der Waals surface area contributed by atoms with Gasteiger partial charge in [-0.25, -0.2) is 4.39 Å². The van der Waals surface area contributed by atoms with Gasteiger partial charge in [-0.15, -0.1) is 0 Å². The number of halogens is 1. The number of hydrogen-bond donors (Lipinski definition) is 1. The number of benzene rings is 1. The number of fused-ring (bicyclic) bond motifs is 1. The second-order valence-corrected chi connectivity index (χ2v) is 4.98. The molecule has 1 saturated heterocycles. The molecule has 5 nitrogen and oxygen atoms in total. The summed E-state index contributed by atoms with van der Waals surface area (Å²) in [6.45, 7) is 1.96. The first-order valence-corrected chi connectivity index (χ1v) is 6.64. The van der Waals surface area contributed by atoms with Crippen molar-refractivity contribution in [1.29, 1.82) is 0 Å². The summed E-state index contributed by atoms with van der Waals surface area (Å²) in [7, 11) is 1.70. The van der Waals surface area contributed by atoms with Crippen LogP contribution in [0.25, 0.3) is 11.1 Å². The van der Waals surface area contributed by atoms with Gasteiger partial charge in [0.15, 0.2) is 5.58 Å². The zero-order valence-electron chi connectivity index (χ0n) is 11.3. The maximum atomic E-state index is 13.1. The Hall–Kier alpha value is -1.66. The predicted molar refractivity (Wildman–Crippen MR) is 72.2 cm³/mol. The van der Waals surface area contributed by atoms with Gasteiger partial charge in [-0.1, -0.05) is 0 Å². The minimum absolute atomic E-state index is 0.260. The predicted octanol–water partition coefficient (Wildman–Crippen LogP) is 2.57. The molecule has 0 spiro atoms. The lowest BCUT2D eigenvalue weighted by Gasteiger charge is -2.35. The number of ether oxygens (including phenoxy) is 2. The van der Waals surface area contributed by atoms with E-state index >= 15 is 0 Å². The molecule has 0 unspecified atom stereocenters. The summed E-state index contributed by atoms with van der Waals surface area (Å²) in [4.78, 5) is 4.22. The zero-order valence-corrected chi connectivity index (χ0v) is 11.3. The maximum absolute atomic E-state index is 13.1. The summed E-state index contributed by atoms with van der Waals surface area (Å²) in [6.07, 6.45) is 1.65. The standard InChI is InChI=1S/C14H17FN2O3/c1-18-14(4-6-19-7-5-14)9-16-13-17-11-8-10(15)2-3-12(11)20-13/h2-3,8H,4-7,9H2,1H3,(H,16,17). The average molecular weight is 280 g/mol. The van der Waals surface area contributed by atoms with Crippen LogP contribution in [0.4, 0.5) is 10.4 Å². The second kappa shape index (κ2) is 5.38. The Morgan fingerprint density at radius 1 is 1.40 bits per heavy atom. The van der Waals surface area contributed by atoms with Crippen LogP contribution in [0.5, 0.6) is 0 Å². The van der Waals surface area contributed by atoms with Gasteiger partial charge in [-0.05, 0) is 12.1 Å². The van der Waals surface area contributed by atoms with Crippen LogP contribution in [0.3, 0.4) is 0 Å². The molecule has 6 heteroatoms. The molecule has 2 aromatic rings. The monoisotopic (exact) mass is 280 g/mol. The highest BCUT2D eigenvalue weighted by Crippen LogP contribution is 2.26. The topological polar surface area (TPSA) is 56.5 Å². The first-order chi connectivity index (χ1) is 9.71. The Balaban J connectivity index is 1.72. The fourth-order valence-electron chi connectivity index (χ4n) is 2.41. The van der Waals surface area contributed by atoms with Crippen molar-refractivity contribution >= 4 is 17.1 Å². The van der Waals surface area contributed by atoms with E-state index in [-0.39, 0.29) is 11.4 Å². The lowest BCUT2D eigenvalue weighted by atomic mass is 9.94. The first kappa shape index (κ1) is 13.3. The second-order valence-electron chi connectivity index (χ2n) is 4.98. The molecule has 0 saturated carbocycles. The normalized spacial score (nSPS) is 18.3. The lowest BCUT2D eigenvalue weighted by molar-refractivity contribution is -0.0809. The molecule has 0 aliphatic carbocycles. The molecule has 0 atom stereocenters. The van der Waals surface area contributed by atoms with Crippen molar-refractivity contribution in [2.24, 2.45) is 0 Å². The number of rotatable bonds is 4. The highest BCUT2D eigenvalue weighted by molar-refractivity contribution is 5.74. The maximum Gasteiger partial charge on any atom is 0.295 e. The molecular weight excluding hydrogens is 263 g/mol. The summed E-state index contributed by atoms with van der Waals surface area (Å²) < 4.78 is 29.6. The molecule has 1 fully saturated rings. The molecule has 1 aliphatic heterocycles. The van der Waals surface area contributed by atoms with E-state index in [2.05, 4.69) is 10.3 Å². The number of methoxy groups -OCH3 is 1. The Morgan fingerprint density at radius 3 is 2.95 bits per heavy atom. The van der Waals surface area contributed by atoms with Gasteiger partial charge in [0.1, 0.15) is 11.3 Å². The summed E-state index contributed by atoms with van der Waals surface area (Å²) in [5.41, 5.74) is 0.808. The number of oxazole rings is 1. The molecule has 2 heterocycles. The zero-order chi connectivity index (χ0) is 14.0. The van der Waals surface area contributed by atoms with Gasteiger partial charge in [-0.2, -0.15) is 4.98 Å². The van der Waals surface area contributed by atoms with E-state index in [4.69, 9.17) is 13.9 Å². The quantitative estimate of drug-likeness (QED) is 0.932. The van der Waals surface area contributed by atoms with Crippen molar-refractivity contribution in [2.75, 3.05) is 32.2 Å². The lowest BCUT2D eigenvalue weighted by Crippen LogP contribution is -2.44. The number of hydrogen-bond acceptors (Lipinski definition) is 5. The summed E-state index contributed by atoms with van der Waals surface area (Å²) in [5.74, 6) is -0.324. The number of nitrogens with one attached hydrogen (secondary N) is 1. The van der Waals surface area contributed by atoms with Crippen LogP contribution in [0.1, 0.15) is 12.8 Å². The van der Waals surface area contributed by atoms with Crippen molar-refractivity contribution < 1.29 is 18.3 Å². The van der Waals surface area contributed by atoms with Gasteiger partial charge in [0.2, 0.25) is 0 Å². The van der Waals surface area contributed by atoms with E-state index in [1.165, 1.54) is 12.1 Å². The molecule has 20 heavy (non-hydrogen) atoms. The van der Waals surface area contributed by atoms with Gasteiger partial charge in [0.05, 0.1) is 5.60 Å². The Labute approximate surface area is 116 Å². The number of anilines is 1. The minimum Gasteiger partial charge on any atom is -0.424 e. The minimum atomic E-state index is -0.324. The van der Waals surface area contributed by atoms with Crippen molar-refractivity contribution in [1.82, 2.24) is 4.98 Å². The highest BCUT2D eigenvalue weighted by Gasteiger charge is 2.32. The summed E-state index contributed by atoms with van der Waals surface area (Å²) in [6, 6.07) is 4.66. The summed E-state index contributed by atoms with van der Waals surface area (Å²) in [5, 5.41) is 3.13. The SMILES string of the molecule is COC1(CNc2nc3cc(F)ccc3o2)CCOCC1. The van der Waals surface area contributed by atoms with Crippen LogP contribution < -0.4 is 5.32 Å². The largest absolute Gasteiger partial charge is 0.424 e. The highest BCUT2D eigenvalue weighted by atomic mass is 19.1. The summed E-state index contributed by atoms with van der Waals surface area (Å²) >= 11 is 0. The van der Waals surface area contributed by atoms with E-state index in [1.807, 2.05) is 0 Å². The average Bonchev–Trinajstić information content (AvgIpc) is 2.88. The molecule has 1 aromatic heterocycles. The van der Waals surface area contributed by atoms with Crippen LogP contribution >= 0.6 is 0 Å². The molecule has 1 N–H and O–H groups in total. The Bertz CT molecular complexity index is 593. The van der Waals surface area contributed by atoms with Crippen LogP contribution in [0, 0.1) is 5.82 Å². The fraction of sp³-hybridized carbons (Fsp3) is 0.500. The molecule has 3 rings (SSSR count). The van der Waals surface area contributed by atoms with E-state index in [0.717, 1.165) is 12.8 Å². The van der Waals surface area contributed by atoms with E-state index in [1.54, 1.807) is 13.2 Å². The van der Waals surface area contributed by atoms with Crippen LogP contribution in [0.2, 0.25) is 0 Å². The molecule has 1 aliphatic rings. The van der Waals surface area contributed by atoms with Gasteiger partial charge in [0.25, 0.3) is 6.01 Å². The van der Waals surface area contributed by atoms with Crippen molar-refractivity contribution in [3.05, 3.63) is 24.0 Å². The van der Waals surface area contributed by atoms with Gasteiger partial charge in [-0.3, -0.25) is 0 Å². The van der Waals surface area contributed by atoms with Crippen LogP contribution in [-0.4, -0.2) is 37.5 Å². The molecular formula is C14H17FN2O3. The third kappa shape index (κ3) is 2.62. The smallest absolute Gasteiger partial charge is 0.295 e. The molecule has 0 amide bonds. The molecule has 0 radical (unpaired) electrons. The molecule has 0 bridgehead atoms. The van der Waals surface area contributed by atoms with E-state index < -0.39 is 0 Å². The third-order valence-electron chi connectivity index (χ3n) is 3.75. The first-order valence-electron chi connectivity index (χ1n) is 6.64. The Kier molecular flexibility index (Phi) is 3.58. The van der Waals surface area contributed by atoms with Gasteiger partial charge in [0, 0.05) is 45.8 Å².